The Morgan fingerprint density at radius 3 is 2.48 bits per heavy atom. The molecule has 0 spiro atoms. The molecule has 15 nitrogen and oxygen atoms in total. The molecule has 3 aromatic heterocycles. The normalized spacial score (nSPS) is 18.8. The van der Waals surface area contributed by atoms with Crippen LogP contribution in [0.15, 0.2) is 70.5 Å². The van der Waals surface area contributed by atoms with Gasteiger partial charge in [0.05, 0.1) is 10.4 Å². The lowest BCUT2D eigenvalue weighted by molar-refractivity contribution is -0.120. The average molecular weight is 781 g/mol. The Morgan fingerprint density at radius 2 is 1.71 bits per heavy atom. The maximum absolute atomic E-state index is 13.8. The summed E-state index contributed by atoms with van der Waals surface area (Å²) in [5.74, 6) is 1.50. The minimum atomic E-state index is -3.65. The molecule has 8 rings (SSSR count). The summed E-state index contributed by atoms with van der Waals surface area (Å²) < 4.78 is 32.4. The van der Waals surface area contributed by atoms with E-state index in [-0.39, 0.29) is 23.9 Å². The van der Waals surface area contributed by atoms with Crippen molar-refractivity contribution in [2.75, 3.05) is 49.5 Å². The van der Waals surface area contributed by atoms with Crippen LogP contribution in [0.3, 0.4) is 0 Å². The van der Waals surface area contributed by atoms with Crippen LogP contribution >= 0.6 is 0 Å². The summed E-state index contributed by atoms with van der Waals surface area (Å²) in [6, 6.07) is 16.6. The summed E-state index contributed by atoms with van der Waals surface area (Å²) >= 11 is 0. The van der Waals surface area contributed by atoms with E-state index in [1.54, 1.807) is 34.6 Å². The van der Waals surface area contributed by atoms with Gasteiger partial charge in [-0.05, 0) is 98.5 Å². The van der Waals surface area contributed by atoms with Crippen LogP contribution in [0.4, 0.5) is 16.6 Å². The van der Waals surface area contributed by atoms with Gasteiger partial charge in [-0.15, -0.1) is 0 Å². The molecule has 3 aliphatic rings. The zero-order valence-corrected chi connectivity index (χ0v) is 32.8. The summed E-state index contributed by atoms with van der Waals surface area (Å²) in [6.07, 6.45) is 6.03. The van der Waals surface area contributed by atoms with Gasteiger partial charge >= 0.3 is 6.03 Å². The average Bonchev–Trinajstić information content (AvgIpc) is 3.52. The van der Waals surface area contributed by atoms with E-state index in [1.165, 1.54) is 16.2 Å². The van der Waals surface area contributed by atoms with Gasteiger partial charge in [0, 0.05) is 75.8 Å². The molecule has 0 bridgehead atoms. The maximum Gasteiger partial charge on any atom is 0.329 e. The molecular formula is C40H48N10O5S. The van der Waals surface area contributed by atoms with Crippen molar-refractivity contribution in [3.8, 4) is 0 Å². The maximum atomic E-state index is 13.8. The zero-order chi connectivity index (χ0) is 39.1. The predicted molar refractivity (Wildman–Crippen MR) is 214 cm³/mol. The number of amides is 3. The van der Waals surface area contributed by atoms with E-state index < -0.39 is 16.1 Å². The quantitative estimate of drug-likeness (QED) is 0.212. The van der Waals surface area contributed by atoms with Gasteiger partial charge in [0.25, 0.3) is 5.56 Å². The number of anilines is 2. The number of carbonyl (C=O) groups excluding carboxylic acids is 2. The molecular weight excluding hydrogens is 733 g/mol. The fraction of sp³-hybridized carbons (Fsp3) is 0.450. The first-order valence-corrected chi connectivity index (χ1v) is 20.9. The zero-order valence-electron chi connectivity index (χ0n) is 32.0. The van der Waals surface area contributed by atoms with E-state index in [0.29, 0.717) is 66.6 Å². The number of pyridine rings is 1. The Bertz CT molecular complexity index is 2470. The predicted octanol–water partition coefficient (Wildman–Crippen LogP) is 3.98. The van der Waals surface area contributed by atoms with Crippen LogP contribution < -0.4 is 21.1 Å². The fourth-order valence-electron chi connectivity index (χ4n) is 8.45. The van der Waals surface area contributed by atoms with Crippen LogP contribution in [0.25, 0.3) is 21.9 Å². The van der Waals surface area contributed by atoms with Crippen molar-refractivity contribution < 1.29 is 18.0 Å². The number of rotatable bonds is 10. The Hall–Kier alpha value is -5.19. The molecule has 3 aliphatic heterocycles. The third-order valence-corrected chi connectivity index (χ3v) is 13.4. The fourth-order valence-corrected chi connectivity index (χ4v) is 9.99. The first-order chi connectivity index (χ1) is 26.9. The van der Waals surface area contributed by atoms with Crippen molar-refractivity contribution in [3.63, 3.8) is 0 Å². The number of aromatic nitrogens is 5. The van der Waals surface area contributed by atoms with E-state index in [9.17, 15) is 22.8 Å². The number of piperidine rings is 2. The molecule has 0 saturated carbocycles. The van der Waals surface area contributed by atoms with E-state index in [2.05, 4.69) is 49.7 Å². The van der Waals surface area contributed by atoms with Gasteiger partial charge < -0.3 is 10.2 Å². The molecule has 294 valence electrons. The number of fused-ring (bicyclic) bond motifs is 2. The van der Waals surface area contributed by atoms with E-state index in [0.717, 1.165) is 60.7 Å². The molecule has 0 radical (unpaired) electrons. The summed E-state index contributed by atoms with van der Waals surface area (Å²) in [5.41, 5.74) is 3.66. The second-order valence-corrected chi connectivity index (χ2v) is 17.5. The highest BCUT2D eigenvalue weighted by atomic mass is 32.2. The lowest BCUT2D eigenvalue weighted by Crippen LogP contribution is -2.49. The van der Waals surface area contributed by atoms with Gasteiger partial charge in [-0.2, -0.15) is 14.4 Å². The number of nitrogens with one attached hydrogen (secondary N) is 2. The van der Waals surface area contributed by atoms with Crippen molar-refractivity contribution >= 4 is 55.7 Å². The Balaban J connectivity index is 0.829. The second-order valence-electron chi connectivity index (χ2n) is 15.5. The molecule has 3 amide bonds. The van der Waals surface area contributed by atoms with Crippen molar-refractivity contribution in [1.82, 2.24) is 38.8 Å². The van der Waals surface area contributed by atoms with Crippen molar-refractivity contribution in [1.29, 1.82) is 0 Å². The van der Waals surface area contributed by atoms with Gasteiger partial charge in [0.15, 0.2) is 5.82 Å². The van der Waals surface area contributed by atoms with Crippen LogP contribution in [0.5, 0.6) is 0 Å². The summed E-state index contributed by atoms with van der Waals surface area (Å²) in [6.45, 7) is 6.23. The number of sulfonamides is 1. The first kappa shape index (κ1) is 37.7. The number of urea groups is 1. The highest BCUT2D eigenvalue weighted by molar-refractivity contribution is 7.89. The largest absolute Gasteiger partial charge is 0.351 e. The van der Waals surface area contributed by atoms with E-state index in [4.69, 9.17) is 0 Å². The molecule has 3 saturated heterocycles. The summed E-state index contributed by atoms with van der Waals surface area (Å²) in [5, 5.41) is 12.0. The number of benzene rings is 2. The standard InChI is InChI=1S/C40H48N10O5S/c1-26(25-48-16-11-28(12-17-48)29-7-9-33-34(23-29)47(3)45-38(33)50-20-15-35(51)43-40(50)53)21-27-5-4-6-32(22-27)56(54,55)49-18-13-31(14-19-49)42-39-41-24-30-8-10-36(52)46(2)37(30)44-39/h4-10,22-24,26,28,31H,11-21,25H2,1-3H3,(H,41,42,44)(H,43,51,53). The second kappa shape index (κ2) is 15.4. The van der Waals surface area contributed by atoms with Crippen LogP contribution in [-0.4, -0.2) is 99.2 Å². The molecule has 0 aliphatic carbocycles. The molecule has 1 atom stereocenters. The van der Waals surface area contributed by atoms with Crippen LogP contribution in [0.1, 0.15) is 56.1 Å². The Morgan fingerprint density at radius 1 is 0.929 bits per heavy atom. The van der Waals surface area contributed by atoms with Gasteiger partial charge in [0.2, 0.25) is 21.9 Å². The number of hydrogen-bond donors (Lipinski definition) is 2. The molecule has 6 heterocycles. The van der Waals surface area contributed by atoms with Crippen molar-refractivity contribution in [3.05, 3.63) is 82.3 Å². The van der Waals surface area contributed by atoms with E-state index in [1.807, 2.05) is 36.0 Å². The first-order valence-electron chi connectivity index (χ1n) is 19.4. The molecule has 16 heteroatoms. The van der Waals surface area contributed by atoms with Gasteiger partial charge in [0.1, 0.15) is 5.65 Å². The third kappa shape index (κ3) is 7.64. The number of nitrogens with zero attached hydrogens (tertiary/aromatic N) is 8. The number of imide groups is 1. The minimum absolute atomic E-state index is 0.0139. The number of likely N-dealkylation sites (tertiary alicyclic amines) is 1. The lowest BCUT2D eigenvalue weighted by atomic mass is 9.88. The number of aryl methyl sites for hydroxylation is 2. The van der Waals surface area contributed by atoms with Crippen molar-refractivity contribution in [2.45, 2.75) is 62.3 Å². The summed E-state index contributed by atoms with van der Waals surface area (Å²) in [7, 11) is -0.0867. The topological polar surface area (TPSA) is 168 Å². The van der Waals surface area contributed by atoms with Crippen molar-refractivity contribution in [2.24, 2.45) is 20.0 Å². The molecule has 1 unspecified atom stereocenters. The van der Waals surface area contributed by atoms with Gasteiger partial charge in [-0.3, -0.25) is 29.1 Å². The molecule has 5 aromatic rings. The smallest absolute Gasteiger partial charge is 0.329 e. The van der Waals surface area contributed by atoms with Crippen LogP contribution in [0.2, 0.25) is 0 Å². The van der Waals surface area contributed by atoms with Gasteiger partial charge in [-0.25, -0.2) is 18.2 Å². The summed E-state index contributed by atoms with van der Waals surface area (Å²) in [4.78, 5) is 49.6. The Labute approximate surface area is 325 Å². The number of hydrogen-bond acceptors (Lipinski definition) is 10. The highest BCUT2D eigenvalue weighted by Crippen LogP contribution is 2.34. The molecule has 2 N–H and O–H groups in total. The lowest BCUT2D eigenvalue weighted by Gasteiger charge is -2.34. The Kier molecular flexibility index (Phi) is 10.4. The minimum Gasteiger partial charge on any atom is -0.351 e. The third-order valence-electron chi connectivity index (χ3n) is 11.6. The highest BCUT2D eigenvalue weighted by Gasteiger charge is 2.31. The van der Waals surface area contributed by atoms with E-state index >= 15 is 0 Å². The SMILES string of the molecule is CC(Cc1cccc(S(=O)(=O)N2CCC(Nc3ncc4ccc(=O)n(C)c4n3)CC2)c1)CN1CCC(c2ccc3c(N4CCC(=O)NC4=O)nn(C)c3c2)CC1. The number of carbonyl (C=O) groups is 2. The molecule has 2 aromatic carbocycles. The molecule has 56 heavy (non-hydrogen) atoms. The van der Waals surface area contributed by atoms with Crippen LogP contribution in [0, 0.1) is 5.92 Å². The molecule has 3 fully saturated rings. The monoisotopic (exact) mass is 780 g/mol. The van der Waals surface area contributed by atoms with Gasteiger partial charge in [-0.1, -0.05) is 25.1 Å². The van der Waals surface area contributed by atoms with Crippen LogP contribution in [-0.2, 0) is 35.3 Å².